The number of piperazine rings is 1. The van der Waals surface area contributed by atoms with Gasteiger partial charge in [0.25, 0.3) is 0 Å². The van der Waals surface area contributed by atoms with Crippen LogP contribution in [0.15, 0.2) is 47.5 Å². The van der Waals surface area contributed by atoms with E-state index < -0.39 is 0 Å². The van der Waals surface area contributed by atoms with Gasteiger partial charge in [-0.2, -0.15) is 0 Å². The van der Waals surface area contributed by atoms with Gasteiger partial charge in [-0.15, -0.1) is 0 Å². The number of nitrogens with zero attached hydrogens (tertiary/aromatic N) is 3. The number of amidine groups is 1. The number of benzene rings is 2. The van der Waals surface area contributed by atoms with E-state index in [-0.39, 0.29) is 11.8 Å². The van der Waals surface area contributed by atoms with Crippen molar-refractivity contribution in [1.82, 2.24) is 9.80 Å². The number of fused-ring (bicyclic) bond motifs is 2. The molecule has 0 radical (unpaired) electrons. The minimum Gasteiger partial charge on any atom is -0.493 e. The highest BCUT2D eigenvalue weighted by molar-refractivity contribution is 6.04. The molecule has 0 saturated carbocycles. The van der Waals surface area contributed by atoms with Crippen molar-refractivity contribution in [3.8, 4) is 17.2 Å². The van der Waals surface area contributed by atoms with E-state index in [9.17, 15) is 4.79 Å². The van der Waals surface area contributed by atoms with Crippen LogP contribution in [0.4, 0.5) is 5.69 Å². The maximum absolute atomic E-state index is 12.3. The maximum atomic E-state index is 12.3. The average molecular weight is 379 g/mol. The number of amides is 1. The zero-order valence-corrected chi connectivity index (χ0v) is 16.5. The van der Waals surface area contributed by atoms with Crippen LogP contribution < -0.4 is 9.47 Å². The van der Waals surface area contributed by atoms with Crippen LogP contribution in [0.25, 0.3) is 0 Å². The van der Waals surface area contributed by atoms with E-state index >= 15 is 0 Å². The molecular weight excluding hydrogens is 354 g/mol. The van der Waals surface area contributed by atoms with Crippen molar-refractivity contribution in [2.45, 2.75) is 13.8 Å². The van der Waals surface area contributed by atoms with E-state index in [4.69, 9.17) is 14.5 Å². The Bertz CT molecular complexity index is 915. The van der Waals surface area contributed by atoms with Gasteiger partial charge >= 0.3 is 0 Å². The summed E-state index contributed by atoms with van der Waals surface area (Å²) in [5, 5.41) is 0. The van der Waals surface area contributed by atoms with Gasteiger partial charge < -0.3 is 19.3 Å². The quantitative estimate of drug-likeness (QED) is 0.799. The molecular formula is C22H25N3O3. The Morgan fingerprint density at radius 1 is 1.07 bits per heavy atom. The molecule has 0 unspecified atom stereocenters. The van der Waals surface area contributed by atoms with Crippen LogP contribution in [-0.4, -0.2) is 54.8 Å². The molecule has 2 aliphatic heterocycles. The average Bonchev–Trinajstić information content (AvgIpc) is 2.90. The molecule has 1 fully saturated rings. The lowest BCUT2D eigenvalue weighted by Crippen LogP contribution is -2.51. The van der Waals surface area contributed by atoms with Crippen LogP contribution >= 0.6 is 0 Å². The Balaban J connectivity index is 1.70. The van der Waals surface area contributed by atoms with Crippen LogP contribution in [0.2, 0.25) is 0 Å². The lowest BCUT2D eigenvalue weighted by Gasteiger charge is -2.37. The monoisotopic (exact) mass is 379 g/mol. The Morgan fingerprint density at radius 2 is 1.82 bits per heavy atom. The molecule has 6 nitrogen and oxygen atoms in total. The molecule has 28 heavy (non-hydrogen) atoms. The summed E-state index contributed by atoms with van der Waals surface area (Å²) in [7, 11) is 1.64. The molecule has 0 bridgehead atoms. The minimum absolute atomic E-state index is 0.0204. The van der Waals surface area contributed by atoms with E-state index in [0.717, 1.165) is 30.2 Å². The van der Waals surface area contributed by atoms with Gasteiger partial charge in [-0.3, -0.25) is 4.79 Å². The minimum atomic E-state index is 0.0204. The summed E-state index contributed by atoms with van der Waals surface area (Å²) >= 11 is 0. The second-order valence-electron chi connectivity index (χ2n) is 7.31. The molecule has 0 N–H and O–H groups in total. The SMILES string of the molecule is COc1cccc2c1Oc1ccccc1N=C2N1CCN(C(=O)C(C)C)CC1. The predicted molar refractivity (Wildman–Crippen MR) is 109 cm³/mol. The van der Waals surface area contributed by atoms with Crippen molar-refractivity contribution in [3.05, 3.63) is 48.0 Å². The number of hydrogen-bond donors (Lipinski definition) is 0. The van der Waals surface area contributed by atoms with E-state index in [1.165, 1.54) is 0 Å². The van der Waals surface area contributed by atoms with Crippen molar-refractivity contribution < 1.29 is 14.3 Å². The van der Waals surface area contributed by atoms with Crippen LogP contribution in [0.5, 0.6) is 17.2 Å². The zero-order valence-electron chi connectivity index (χ0n) is 16.5. The first-order chi connectivity index (χ1) is 13.6. The summed E-state index contributed by atoms with van der Waals surface area (Å²) < 4.78 is 11.7. The van der Waals surface area contributed by atoms with Gasteiger partial charge in [0.1, 0.15) is 11.5 Å². The van der Waals surface area contributed by atoms with Gasteiger partial charge in [-0.25, -0.2) is 4.99 Å². The second kappa shape index (κ2) is 7.54. The van der Waals surface area contributed by atoms with Gasteiger partial charge in [0.05, 0.1) is 12.7 Å². The van der Waals surface area contributed by atoms with E-state index in [2.05, 4.69) is 4.90 Å². The van der Waals surface area contributed by atoms with Crippen molar-refractivity contribution >= 4 is 17.4 Å². The smallest absolute Gasteiger partial charge is 0.225 e. The summed E-state index contributed by atoms with van der Waals surface area (Å²) in [5.41, 5.74) is 1.69. The molecule has 6 heteroatoms. The lowest BCUT2D eigenvalue weighted by atomic mass is 10.1. The van der Waals surface area contributed by atoms with Crippen LogP contribution in [0.1, 0.15) is 19.4 Å². The maximum Gasteiger partial charge on any atom is 0.225 e. The summed E-state index contributed by atoms with van der Waals surface area (Å²) in [6, 6.07) is 13.6. The molecule has 2 heterocycles. The zero-order chi connectivity index (χ0) is 19.7. The number of rotatable bonds is 2. The van der Waals surface area contributed by atoms with Gasteiger partial charge in [0, 0.05) is 32.1 Å². The number of carbonyl (C=O) groups excluding carboxylic acids is 1. The standard InChI is InChI=1S/C22H25N3O3/c1-15(2)22(26)25-13-11-24(12-14-25)21-16-7-6-10-19(27-3)20(16)28-18-9-5-4-8-17(18)23-21/h4-10,15H,11-14H2,1-3H3. The topological polar surface area (TPSA) is 54.4 Å². The molecule has 4 rings (SSSR count). The first kappa shape index (κ1) is 18.3. The molecule has 2 aliphatic rings. The van der Waals surface area contributed by atoms with Crippen LogP contribution in [0.3, 0.4) is 0 Å². The molecule has 0 atom stereocenters. The number of para-hydroxylation sites is 3. The first-order valence-corrected chi connectivity index (χ1v) is 9.65. The van der Waals surface area contributed by atoms with Crippen molar-refractivity contribution in [2.24, 2.45) is 10.9 Å². The number of ether oxygens (including phenoxy) is 2. The number of carbonyl (C=O) groups is 1. The van der Waals surface area contributed by atoms with E-state index in [0.29, 0.717) is 30.3 Å². The summed E-state index contributed by atoms with van der Waals surface area (Å²) in [6.07, 6.45) is 0. The fourth-order valence-corrected chi connectivity index (χ4v) is 3.62. The second-order valence-corrected chi connectivity index (χ2v) is 7.31. The van der Waals surface area contributed by atoms with Gasteiger partial charge in [-0.05, 0) is 24.3 Å². The van der Waals surface area contributed by atoms with E-state index in [1.54, 1.807) is 7.11 Å². The molecule has 0 aromatic heterocycles. The third-order valence-electron chi connectivity index (χ3n) is 5.13. The largest absolute Gasteiger partial charge is 0.493 e. The lowest BCUT2D eigenvalue weighted by molar-refractivity contribution is -0.135. The third kappa shape index (κ3) is 3.30. The predicted octanol–water partition coefficient (Wildman–Crippen LogP) is 3.68. The number of hydrogen-bond acceptors (Lipinski definition) is 5. The highest BCUT2D eigenvalue weighted by atomic mass is 16.5. The summed E-state index contributed by atoms with van der Waals surface area (Å²) in [5.74, 6) is 3.14. The van der Waals surface area contributed by atoms with Gasteiger partial charge in [-0.1, -0.05) is 32.0 Å². The number of methoxy groups -OCH3 is 1. The van der Waals surface area contributed by atoms with Crippen molar-refractivity contribution in [3.63, 3.8) is 0 Å². The molecule has 0 aliphatic carbocycles. The fraction of sp³-hybridized carbons (Fsp3) is 0.364. The molecule has 1 amide bonds. The normalized spacial score (nSPS) is 15.9. The summed E-state index contributed by atoms with van der Waals surface area (Å²) in [4.78, 5) is 21.4. The number of aliphatic imine (C=N–C) groups is 1. The van der Waals surface area contributed by atoms with Gasteiger partial charge in [0.15, 0.2) is 17.2 Å². The molecule has 146 valence electrons. The molecule has 1 saturated heterocycles. The molecule has 0 spiro atoms. The highest BCUT2D eigenvalue weighted by Gasteiger charge is 2.29. The van der Waals surface area contributed by atoms with Crippen molar-refractivity contribution in [2.75, 3.05) is 33.3 Å². The Kier molecular flexibility index (Phi) is 4.94. The Morgan fingerprint density at radius 3 is 2.54 bits per heavy atom. The van der Waals surface area contributed by atoms with E-state index in [1.807, 2.05) is 61.2 Å². The van der Waals surface area contributed by atoms with Crippen molar-refractivity contribution in [1.29, 1.82) is 0 Å². The Labute approximate surface area is 165 Å². The molecule has 2 aromatic carbocycles. The first-order valence-electron chi connectivity index (χ1n) is 9.65. The highest BCUT2D eigenvalue weighted by Crippen LogP contribution is 2.42. The Hall–Kier alpha value is -3.02. The van der Waals surface area contributed by atoms with Crippen LogP contribution in [0, 0.1) is 5.92 Å². The summed E-state index contributed by atoms with van der Waals surface area (Å²) in [6.45, 7) is 6.74. The van der Waals surface area contributed by atoms with Gasteiger partial charge in [0.2, 0.25) is 5.91 Å². The molecule has 2 aromatic rings. The third-order valence-corrected chi connectivity index (χ3v) is 5.13. The van der Waals surface area contributed by atoms with Crippen LogP contribution in [-0.2, 0) is 4.79 Å². The fourth-order valence-electron chi connectivity index (χ4n) is 3.62.